The second-order valence-electron chi connectivity index (χ2n) is 6.17. The highest BCUT2D eigenvalue weighted by atomic mass is 16.5. The van der Waals surface area contributed by atoms with E-state index in [1.165, 1.54) is 10.8 Å². The van der Waals surface area contributed by atoms with E-state index in [1.807, 2.05) is 29.3 Å². The summed E-state index contributed by atoms with van der Waals surface area (Å²) in [6, 6.07) is 10.4. The number of rotatable bonds is 2. The topological polar surface area (TPSA) is 45.7 Å². The van der Waals surface area contributed by atoms with Gasteiger partial charge in [0.2, 0.25) is 0 Å². The molecule has 1 unspecified atom stereocenters. The first kappa shape index (κ1) is 14.5. The molecule has 5 nitrogen and oxygen atoms in total. The highest BCUT2D eigenvalue weighted by Crippen LogP contribution is 2.25. The quantitative estimate of drug-likeness (QED) is 0.852. The van der Waals surface area contributed by atoms with Crippen LogP contribution in [0.25, 0.3) is 10.8 Å². The van der Waals surface area contributed by atoms with Gasteiger partial charge in [-0.1, -0.05) is 24.3 Å². The number of ether oxygens (including phenoxy) is 1. The van der Waals surface area contributed by atoms with Gasteiger partial charge < -0.3 is 14.5 Å². The van der Waals surface area contributed by atoms with Gasteiger partial charge in [-0.05, 0) is 24.3 Å². The van der Waals surface area contributed by atoms with Crippen LogP contribution in [0.15, 0.2) is 36.5 Å². The maximum atomic E-state index is 12.4. The number of nitrogens with zero attached hydrogens (tertiary/aromatic N) is 3. The van der Waals surface area contributed by atoms with Crippen molar-refractivity contribution in [3.8, 4) is 0 Å². The highest BCUT2D eigenvalue weighted by Gasteiger charge is 2.30. The zero-order valence-electron chi connectivity index (χ0n) is 13.1. The van der Waals surface area contributed by atoms with Crippen LogP contribution in [0.1, 0.15) is 12.8 Å². The molecule has 2 saturated heterocycles. The largest absolute Gasteiger partial charge is 0.368 e. The molecule has 0 N–H and O–H groups in total. The smallest absolute Gasteiger partial charge is 0.251 e. The van der Waals surface area contributed by atoms with E-state index in [9.17, 15) is 4.79 Å². The van der Waals surface area contributed by atoms with Gasteiger partial charge in [-0.25, -0.2) is 4.98 Å². The lowest BCUT2D eigenvalue weighted by Gasteiger charge is -2.36. The van der Waals surface area contributed by atoms with Gasteiger partial charge in [0.1, 0.15) is 11.9 Å². The molecule has 1 aromatic carbocycles. The Morgan fingerprint density at radius 1 is 1.13 bits per heavy atom. The third-order valence-corrected chi connectivity index (χ3v) is 4.75. The van der Waals surface area contributed by atoms with Gasteiger partial charge in [0, 0.05) is 44.4 Å². The fourth-order valence-corrected chi connectivity index (χ4v) is 3.47. The molecule has 0 spiro atoms. The molecule has 1 atom stereocenters. The summed E-state index contributed by atoms with van der Waals surface area (Å²) in [5.41, 5.74) is 0. The number of fused-ring (bicyclic) bond motifs is 1. The first-order chi connectivity index (χ1) is 11.3. The maximum absolute atomic E-state index is 12.4. The first-order valence-electron chi connectivity index (χ1n) is 8.32. The van der Waals surface area contributed by atoms with Gasteiger partial charge in [-0.15, -0.1) is 0 Å². The number of pyridine rings is 1. The standard InChI is InChI=1S/C18H21N3O2/c22-18(16-6-3-13-23-16)21-11-9-20(10-12-21)17-15-5-2-1-4-14(15)7-8-19-17/h1-2,4-5,7-8,16H,3,6,9-13H2. The number of benzene rings is 1. The number of carbonyl (C=O) groups excluding carboxylic acids is 1. The van der Waals surface area contributed by atoms with Gasteiger partial charge >= 0.3 is 0 Å². The van der Waals surface area contributed by atoms with Crippen molar-refractivity contribution >= 4 is 22.5 Å². The molecule has 23 heavy (non-hydrogen) atoms. The minimum atomic E-state index is -0.211. The Labute approximate surface area is 135 Å². The van der Waals surface area contributed by atoms with E-state index in [2.05, 4.69) is 22.0 Å². The average Bonchev–Trinajstić information content (AvgIpc) is 3.15. The van der Waals surface area contributed by atoms with E-state index in [4.69, 9.17) is 4.74 Å². The fourth-order valence-electron chi connectivity index (χ4n) is 3.47. The molecule has 0 aliphatic carbocycles. The molecule has 2 aromatic rings. The molecule has 1 aromatic heterocycles. The van der Waals surface area contributed by atoms with Crippen LogP contribution in [0.3, 0.4) is 0 Å². The van der Waals surface area contributed by atoms with Gasteiger partial charge in [0.25, 0.3) is 5.91 Å². The van der Waals surface area contributed by atoms with Crippen LogP contribution in [0.4, 0.5) is 5.82 Å². The predicted molar refractivity (Wildman–Crippen MR) is 89.5 cm³/mol. The second kappa shape index (κ2) is 6.16. The summed E-state index contributed by atoms with van der Waals surface area (Å²) in [6.07, 6.45) is 3.51. The molecular formula is C18H21N3O2. The van der Waals surface area contributed by atoms with Crippen molar-refractivity contribution in [1.82, 2.24) is 9.88 Å². The summed E-state index contributed by atoms with van der Waals surface area (Å²) in [5, 5.41) is 2.38. The summed E-state index contributed by atoms with van der Waals surface area (Å²) in [4.78, 5) is 21.2. The monoisotopic (exact) mass is 311 g/mol. The van der Waals surface area contributed by atoms with Crippen LogP contribution in [-0.2, 0) is 9.53 Å². The normalized spacial score (nSPS) is 21.8. The van der Waals surface area contributed by atoms with Crippen LogP contribution >= 0.6 is 0 Å². The van der Waals surface area contributed by atoms with Gasteiger partial charge in [0.15, 0.2) is 0 Å². The van der Waals surface area contributed by atoms with Crippen LogP contribution in [-0.4, -0.2) is 54.7 Å². The number of carbonyl (C=O) groups is 1. The number of anilines is 1. The lowest BCUT2D eigenvalue weighted by molar-refractivity contribution is -0.141. The summed E-state index contributed by atoms with van der Waals surface area (Å²) < 4.78 is 5.52. The zero-order chi connectivity index (χ0) is 15.6. The maximum Gasteiger partial charge on any atom is 0.251 e. The predicted octanol–water partition coefficient (Wildman–Crippen LogP) is 2.06. The van der Waals surface area contributed by atoms with Crippen LogP contribution in [0.5, 0.6) is 0 Å². The molecule has 5 heteroatoms. The molecule has 2 aliphatic heterocycles. The zero-order valence-corrected chi connectivity index (χ0v) is 13.1. The molecule has 0 saturated carbocycles. The van der Waals surface area contributed by atoms with Gasteiger partial charge in [-0.3, -0.25) is 4.79 Å². The average molecular weight is 311 g/mol. The SMILES string of the molecule is O=C(C1CCCO1)N1CCN(c2nccc3ccccc23)CC1. The van der Waals surface area contributed by atoms with E-state index >= 15 is 0 Å². The van der Waals surface area contributed by atoms with Crippen LogP contribution in [0, 0.1) is 0 Å². The molecule has 3 heterocycles. The minimum absolute atomic E-state index is 0.160. The highest BCUT2D eigenvalue weighted by molar-refractivity contribution is 5.92. The van der Waals surface area contributed by atoms with E-state index in [0.717, 1.165) is 51.4 Å². The Morgan fingerprint density at radius 2 is 1.96 bits per heavy atom. The first-order valence-corrected chi connectivity index (χ1v) is 8.32. The number of hydrogen-bond donors (Lipinski definition) is 0. The molecular weight excluding hydrogens is 290 g/mol. The van der Waals surface area contributed by atoms with Crippen molar-refractivity contribution < 1.29 is 9.53 Å². The van der Waals surface area contributed by atoms with E-state index in [-0.39, 0.29) is 12.0 Å². The third-order valence-electron chi connectivity index (χ3n) is 4.75. The van der Waals surface area contributed by atoms with Crippen molar-refractivity contribution in [2.45, 2.75) is 18.9 Å². The van der Waals surface area contributed by atoms with Gasteiger partial charge in [-0.2, -0.15) is 0 Å². The summed E-state index contributed by atoms with van der Waals surface area (Å²) in [6.45, 7) is 3.84. The Bertz CT molecular complexity index is 699. The number of aromatic nitrogens is 1. The van der Waals surface area contributed by atoms with Crippen molar-refractivity contribution in [2.75, 3.05) is 37.7 Å². The summed E-state index contributed by atoms with van der Waals surface area (Å²) in [7, 11) is 0. The number of piperazine rings is 1. The Kier molecular flexibility index (Phi) is 3.87. The molecule has 4 rings (SSSR count). The molecule has 2 fully saturated rings. The summed E-state index contributed by atoms with van der Waals surface area (Å²) in [5.74, 6) is 1.18. The van der Waals surface area contributed by atoms with Gasteiger partial charge in [0.05, 0.1) is 0 Å². The minimum Gasteiger partial charge on any atom is -0.368 e. The second-order valence-corrected chi connectivity index (χ2v) is 6.17. The number of amides is 1. The molecule has 1 amide bonds. The van der Waals surface area contributed by atoms with E-state index in [0.29, 0.717) is 0 Å². The van der Waals surface area contributed by atoms with Crippen molar-refractivity contribution in [1.29, 1.82) is 0 Å². The fraction of sp³-hybridized carbons (Fsp3) is 0.444. The Morgan fingerprint density at radius 3 is 2.74 bits per heavy atom. The molecule has 120 valence electrons. The van der Waals surface area contributed by atoms with Crippen molar-refractivity contribution in [2.24, 2.45) is 0 Å². The Hall–Kier alpha value is -2.14. The molecule has 0 bridgehead atoms. The van der Waals surface area contributed by atoms with E-state index in [1.54, 1.807) is 0 Å². The lowest BCUT2D eigenvalue weighted by atomic mass is 10.1. The van der Waals surface area contributed by atoms with Crippen LogP contribution < -0.4 is 4.90 Å². The Balaban J connectivity index is 1.47. The van der Waals surface area contributed by atoms with E-state index < -0.39 is 0 Å². The lowest BCUT2D eigenvalue weighted by Crippen LogP contribution is -2.51. The summed E-state index contributed by atoms with van der Waals surface area (Å²) >= 11 is 0. The van der Waals surface area contributed by atoms with Crippen molar-refractivity contribution in [3.05, 3.63) is 36.5 Å². The van der Waals surface area contributed by atoms with Crippen LogP contribution in [0.2, 0.25) is 0 Å². The molecule has 0 radical (unpaired) electrons. The molecule has 2 aliphatic rings. The van der Waals surface area contributed by atoms with Crippen molar-refractivity contribution in [3.63, 3.8) is 0 Å². The third kappa shape index (κ3) is 2.77. The number of hydrogen-bond acceptors (Lipinski definition) is 4.